The molecule has 27 heavy (non-hydrogen) atoms. The number of para-hydroxylation sites is 1. The Morgan fingerprint density at radius 1 is 1.07 bits per heavy atom. The maximum atomic E-state index is 12.3. The Hall–Kier alpha value is -3.48. The molecule has 0 fully saturated rings. The first kappa shape index (κ1) is 18.3. The predicted octanol–water partition coefficient (Wildman–Crippen LogP) is 3.48. The lowest BCUT2D eigenvalue weighted by atomic mass is 10.2. The van der Waals surface area contributed by atoms with Gasteiger partial charge in [0.2, 0.25) is 0 Å². The van der Waals surface area contributed by atoms with Gasteiger partial charge in [-0.1, -0.05) is 36.8 Å². The van der Waals surface area contributed by atoms with E-state index in [9.17, 15) is 9.59 Å². The summed E-state index contributed by atoms with van der Waals surface area (Å²) in [5, 5.41) is 10.6. The molecule has 3 aromatic rings. The van der Waals surface area contributed by atoms with Gasteiger partial charge in [0.1, 0.15) is 0 Å². The number of rotatable bonds is 7. The molecule has 0 saturated heterocycles. The molecule has 1 N–H and O–H groups in total. The number of aromatic nitrogens is 3. The van der Waals surface area contributed by atoms with Gasteiger partial charge in [0, 0.05) is 5.69 Å². The number of carbonyl (C=O) groups is 2. The van der Waals surface area contributed by atoms with Crippen LogP contribution in [0.3, 0.4) is 0 Å². The fourth-order valence-electron chi connectivity index (χ4n) is 2.35. The maximum absolute atomic E-state index is 12.3. The van der Waals surface area contributed by atoms with Gasteiger partial charge in [-0.15, -0.1) is 5.10 Å². The van der Waals surface area contributed by atoms with Crippen LogP contribution in [0.25, 0.3) is 5.69 Å². The van der Waals surface area contributed by atoms with Crippen LogP contribution in [0.15, 0.2) is 60.8 Å². The summed E-state index contributed by atoms with van der Waals surface area (Å²) in [4.78, 5) is 24.2. The summed E-state index contributed by atoms with van der Waals surface area (Å²) >= 11 is 0. The second kappa shape index (κ2) is 8.75. The van der Waals surface area contributed by atoms with Gasteiger partial charge in [-0.2, -0.15) is 0 Å². The lowest BCUT2D eigenvalue weighted by Gasteiger charge is -2.06. The van der Waals surface area contributed by atoms with Crippen LogP contribution >= 0.6 is 0 Å². The van der Waals surface area contributed by atoms with Crippen LogP contribution in [0.2, 0.25) is 0 Å². The summed E-state index contributed by atoms with van der Waals surface area (Å²) in [5.41, 5.74) is 2.01. The zero-order valence-electron chi connectivity index (χ0n) is 15.0. The lowest BCUT2D eigenvalue weighted by Crippen LogP contribution is -2.13. The van der Waals surface area contributed by atoms with Gasteiger partial charge < -0.3 is 10.1 Å². The Kier molecular flexibility index (Phi) is 5.94. The van der Waals surface area contributed by atoms with Crippen LogP contribution in [-0.2, 0) is 4.74 Å². The summed E-state index contributed by atoms with van der Waals surface area (Å²) in [6.45, 7) is 2.44. The number of ether oxygens (including phenoxy) is 1. The molecule has 0 spiro atoms. The van der Waals surface area contributed by atoms with E-state index < -0.39 is 0 Å². The monoisotopic (exact) mass is 364 g/mol. The molecule has 7 nitrogen and oxygen atoms in total. The first-order chi connectivity index (χ1) is 13.2. The molecule has 2 aromatic carbocycles. The molecule has 138 valence electrons. The summed E-state index contributed by atoms with van der Waals surface area (Å²) in [7, 11) is 0. The highest BCUT2D eigenvalue weighted by molar-refractivity contribution is 6.02. The zero-order valence-corrected chi connectivity index (χ0v) is 15.0. The second-order valence-electron chi connectivity index (χ2n) is 5.90. The van der Waals surface area contributed by atoms with Crippen molar-refractivity contribution in [2.45, 2.75) is 19.8 Å². The van der Waals surface area contributed by atoms with Gasteiger partial charge in [0.25, 0.3) is 5.91 Å². The first-order valence-electron chi connectivity index (χ1n) is 8.73. The number of benzene rings is 2. The number of anilines is 1. The smallest absolute Gasteiger partial charge is 0.338 e. The number of carbonyl (C=O) groups excluding carboxylic acids is 2. The Morgan fingerprint density at radius 2 is 1.81 bits per heavy atom. The molecule has 0 radical (unpaired) electrons. The Bertz CT molecular complexity index is 904. The van der Waals surface area contributed by atoms with Crippen LogP contribution in [0.4, 0.5) is 5.69 Å². The maximum Gasteiger partial charge on any atom is 0.338 e. The van der Waals surface area contributed by atoms with Gasteiger partial charge in [-0.25, -0.2) is 9.48 Å². The van der Waals surface area contributed by atoms with Crippen molar-refractivity contribution in [3.63, 3.8) is 0 Å². The fourth-order valence-corrected chi connectivity index (χ4v) is 2.35. The van der Waals surface area contributed by atoms with E-state index in [1.807, 2.05) is 37.3 Å². The minimum Gasteiger partial charge on any atom is -0.462 e. The predicted molar refractivity (Wildman–Crippen MR) is 101 cm³/mol. The van der Waals surface area contributed by atoms with Crippen molar-refractivity contribution in [2.24, 2.45) is 0 Å². The highest BCUT2D eigenvalue weighted by atomic mass is 16.5. The molecule has 1 heterocycles. The SMILES string of the molecule is CCCCOC(=O)c1ccc(NC(=O)c2cn(-c3ccccc3)nn2)cc1. The molecule has 0 aliphatic rings. The summed E-state index contributed by atoms with van der Waals surface area (Å²) < 4.78 is 6.69. The van der Waals surface area contributed by atoms with Crippen LogP contribution in [0.1, 0.15) is 40.6 Å². The minimum atomic E-state index is -0.379. The average molecular weight is 364 g/mol. The molecule has 3 rings (SSSR count). The van der Waals surface area contributed by atoms with Crippen molar-refractivity contribution in [2.75, 3.05) is 11.9 Å². The lowest BCUT2D eigenvalue weighted by molar-refractivity contribution is 0.0499. The first-order valence-corrected chi connectivity index (χ1v) is 8.73. The Labute approximate surface area is 157 Å². The number of amides is 1. The van der Waals surface area contributed by atoms with Crippen LogP contribution < -0.4 is 5.32 Å². The van der Waals surface area contributed by atoms with Gasteiger partial charge >= 0.3 is 5.97 Å². The summed E-state index contributed by atoms with van der Waals surface area (Å²) in [6, 6.07) is 15.9. The van der Waals surface area contributed by atoms with Gasteiger partial charge in [0.15, 0.2) is 5.69 Å². The zero-order chi connectivity index (χ0) is 19.1. The van der Waals surface area contributed by atoms with E-state index in [0.29, 0.717) is 17.9 Å². The number of hydrogen-bond donors (Lipinski definition) is 1. The molecule has 1 amide bonds. The molecule has 0 bridgehead atoms. The molecule has 0 aliphatic heterocycles. The Morgan fingerprint density at radius 3 is 2.52 bits per heavy atom. The molecule has 0 unspecified atom stereocenters. The molecule has 0 aliphatic carbocycles. The largest absolute Gasteiger partial charge is 0.462 e. The van der Waals surface area contributed by atoms with Crippen LogP contribution in [0.5, 0.6) is 0 Å². The quantitative estimate of drug-likeness (QED) is 0.512. The van der Waals surface area contributed by atoms with Crippen LogP contribution in [-0.4, -0.2) is 33.5 Å². The van der Waals surface area contributed by atoms with E-state index >= 15 is 0 Å². The third kappa shape index (κ3) is 4.78. The second-order valence-corrected chi connectivity index (χ2v) is 5.90. The van der Waals surface area contributed by atoms with Crippen molar-refractivity contribution < 1.29 is 14.3 Å². The van der Waals surface area contributed by atoms with E-state index in [-0.39, 0.29) is 17.6 Å². The third-order valence-electron chi connectivity index (χ3n) is 3.86. The number of nitrogens with one attached hydrogen (secondary N) is 1. The van der Waals surface area contributed by atoms with Gasteiger partial charge in [0.05, 0.1) is 24.1 Å². The number of nitrogens with zero attached hydrogens (tertiary/aromatic N) is 3. The van der Waals surface area contributed by atoms with Crippen LogP contribution in [0, 0.1) is 0 Å². The molecular formula is C20H20N4O3. The van der Waals surface area contributed by atoms with E-state index in [1.54, 1.807) is 30.5 Å². The topological polar surface area (TPSA) is 86.1 Å². The van der Waals surface area contributed by atoms with E-state index in [1.165, 1.54) is 4.68 Å². The molecule has 1 aromatic heterocycles. The highest BCUT2D eigenvalue weighted by Gasteiger charge is 2.13. The summed E-state index contributed by atoms with van der Waals surface area (Å²) in [6.07, 6.45) is 3.36. The van der Waals surface area contributed by atoms with E-state index in [4.69, 9.17) is 4.74 Å². The number of hydrogen-bond acceptors (Lipinski definition) is 5. The van der Waals surface area contributed by atoms with Crippen molar-refractivity contribution in [1.82, 2.24) is 15.0 Å². The van der Waals surface area contributed by atoms with Gasteiger partial charge in [-0.05, 0) is 42.8 Å². The van der Waals surface area contributed by atoms with Crippen molar-refractivity contribution >= 4 is 17.6 Å². The third-order valence-corrected chi connectivity index (χ3v) is 3.86. The minimum absolute atomic E-state index is 0.196. The molecule has 0 atom stereocenters. The molecular weight excluding hydrogens is 344 g/mol. The standard InChI is InChI=1S/C20H20N4O3/c1-2-3-13-27-20(26)15-9-11-16(12-10-15)21-19(25)18-14-24(23-22-18)17-7-5-4-6-8-17/h4-12,14H,2-3,13H2,1H3,(H,21,25). The highest BCUT2D eigenvalue weighted by Crippen LogP contribution is 2.13. The Balaban J connectivity index is 1.61. The van der Waals surface area contributed by atoms with Crippen molar-refractivity contribution in [3.05, 3.63) is 72.1 Å². The average Bonchev–Trinajstić information content (AvgIpc) is 3.20. The molecule has 7 heteroatoms. The van der Waals surface area contributed by atoms with Crippen molar-refractivity contribution in [1.29, 1.82) is 0 Å². The van der Waals surface area contributed by atoms with Crippen molar-refractivity contribution in [3.8, 4) is 5.69 Å². The summed E-state index contributed by atoms with van der Waals surface area (Å²) in [5.74, 6) is -0.748. The van der Waals surface area contributed by atoms with E-state index in [2.05, 4.69) is 15.6 Å². The number of esters is 1. The normalized spacial score (nSPS) is 10.4. The fraction of sp³-hybridized carbons (Fsp3) is 0.200. The number of unbranched alkanes of at least 4 members (excludes halogenated alkanes) is 1. The van der Waals surface area contributed by atoms with Gasteiger partial charge in [-0.3, -0.25) is 4.79 Å². The molecule has 0 saturated carbocycles. The van der Waals surface area contributed by atoms with E-state index in [0.717, 1.165) is 18.5 Å².